The molecule has 0 unspecified atom stereocenters. The van der Waals surface area contributed by atoms with Crippen LogP contribution in [0.5, 0.6) is 0 Å². The van der Waals surface area contributed by atoms with Crippen LogP contribution in [0.1, 0.15) is 32.8 Å². The van der Waals surface area contributed by atoms with E-state index in [-0.39, 0.29) is 12.4 Å². The van der Waals surface area contributed by atoms with Crippen molar-refractivity contribution in [1.29, 1.82) is 0 Å². The molecule has 0 saturated carbocycles. The number of fused-ring (bicyclic) bond motifs is 1. The molecule has 3 rings (SSSR count). The molecule has 1 aliphatic rings. The van der Waals surface area contributed by atoms with Gasteiger partial charge in [0.05, 0.1) is 7.11 Å². The molecule has 1 aliphatic heterocycles. The number of nitrogens with zero attached hydrogens (tertiary/aromatic N) is 1. The van der Waals surface area contributed by atoms with Crippen LogP contribution in [0.15, 0.2) is 42.0 Å². The largest absolute Gasteiger partial charge is 0.467 e. The number of rotatable bonds is 2. The molecular formula is C22H24FNO4. The maximum absolute atomic E-state index is 14.1. The van der Waals surface area contributed by atoms with Gasteiger partial charge in [-0.2, -0.15) is 0 Å². The number of carbonyl (C=O) groups is 2. The first-order chi connectivity index (χ1) is 13.2. The Labute approximate surface area is 163 Å². The van der Waals surface area contributed by atoms with Crippen molar-refractivity contribution in [2.75, 3.05) is 13.7 Å². The minimum atomic E-state index is -0.738. The molecule has 5 nitrogen and oxygen atoms in total. The van der Waals surface area contributed by atoms with Gasteiger partial charge in [0.1, 0.15) is 17.5 Å². The van der Waals surface area contributed by atoms with E-state index < -0.39 is 23.7 Å². The highest BCUT2D eigenvalue weighted by molar-refractivity contribution is 5.92. The van der Waals surface area contributed by atoms with E-state index in [1.165, 1.54) is 18.1 Å². The van der Waals surface area contributed by atoms with Crippen LogP contribution in [0.2, 0.25) is 0 Å². The monoisotopic (exact) mass is 385 g/mol. The average Bonchev–Trinajstić information content (AvgIpc) is 3.06. The summed E-state index contributed by atoms with van der Waals surface area (Å²) in [6.07, 6.45) is 1.69. The Morgan fingerprint density at radius 2 is 1.82 bits per heavy atom. The first kappa shape index (κ1) is 19.9. The highest BCUT2D eigenvalue weighted by Gasteiger charge is 2.39. The molecule has 28 heavy (non-hydrogen) atoms. The molecule has 2 aromatic rings. The SMILES string of the molecule is COC(=O)[C@H]1C/C(=C/c2ccc(F)c3ccccc23)CN1C(=O)OC(C)(C)C. The second-order valence-electron chi connectivity index (χ2n) is 7.84. The number of ether oxygens (including phenoxy) is 2. The number of methoxy groups -OCH3 is 1. The van der Waals surface area contributed by atoms with Gasteiger partial charge in [-0.15, -0.1) is 0 Å². The summed E-state index contributed by atoms with van der Waals surface area (Å²) in [6, 6.07) is 9.60. The van der Waals surface area contributed by atoms with Crippen molar-refractivity contribution in [3.63, 3.8) is 0 Å². The van der Waals surface area contributed by atoms with Crippen LogP contribution in [-0.4, -0.2) is 42.3 Å². The summed E-state index contributed by atoms with van der Waals surface area (Å²) in [5.41, 5.74) is 1.04. The number of carbonyl (C=O) groups excluding carboxylic acids is 2. The fraction of sp³-hybridized carbons (Fsp3) is 0.364. The van der Waals surface area contributed by atoms with E-state index in [9.17, 15) is 14.0 Å². The van der Waals surface area contributed by atoms with Gasteiger partial charge in [0.2, 0.25) is 0 Å². The molecule has 1 atom stereocenters. The number of likely N-dealkylation sites (tertiary alicyclic amines) is 1. The normalized spacial score (nSPS) is 18.5. The third-order valence-corrected chi connectivity index (χ3v) is 4.57. The minimum absolute atomic E-state index is 0.250. The first-order valence-corrected chi connectivity index (χ1v) is 9.14. The highest BCUT2D eigenvalue weighted by atomic mass is 19.1. The standard InChI is InChI=1S/C22H24FNO4/c1-22(2,3)28-21(26)24-13-14(12-19(24)20(25)27-4)11-15-9-10-18(23)17-8-6-5-7-16(15)17/h5-11,19H,12-13H2,1-4H3/b14-11-/t19-/m1/s1. The van der Waals surface area contributed by atoms with E-state index in [1.807, 2.05) is 18.2 Å². The van der Waals surface area contributed by atoms with Gasteiger partial charge in [-0.05, 0) is 43.4 Å². The third kappa shape index (κ3) is 4.16. The van der Waals surface area contributed by atoms with Crippen LogP contribution in [0, 0.1) is 5.82 Å². The number of benzene rings is 2. The van der Waals surface area contributed by atoms with E-state index in [0.717, 1.165) is 16.5 Å². The Balaban J connectivity index is 1.94. The summed E-state index contributed by atoms with van der Waals surface area (Å²) in [5, 5.41) is 1.31. The molecule has 1 fully saturated rings. The zero-order valence-corrected chi connectivity index (χ0v) is 16.5. The minimum Gasteiger partial charge on any atom is -0.467 e. The highest BCUT2D eigenvalue weighted by Crippen LogP contribution is 2.30. The predicted molar refractivity (Wildman–Crippen MR) is 105 cm³/mol. The Morgan fingerprint density at radius 3 is 2.46 bits per heavy atom. The summed E-state index contributed by atoms with van der Waals surface area (Å²) >= 11 is 0. The Bertz CT molecular complexity index is 945. The molecule has 1 heterocycles. The number of hydrogen-bond donors (Lipinski definition) is 0. The summed E-state index contributed by atoms with van der Waals surface area (Å²) in [5.74, 6) is -0.773. The second kappa shape index (κ2) is 7.62. The molecule has 1 saturated heterocycles. The van der Waals surface area contributed by atoms with Crippen molar-refractivity contribution >= 4 is 28.9 Å². The molecule has 1 amide bonds. The van der Waals surface area contributed by atoms with Gasteiger partial charge in [-0.25, -0.2) is 14.0 Å². The number of halogens is 1. The van der Waals surface area contributed by atoms with Crippen LogP contribution in [0.3, 0.4) is 0 Å². The van der Waals surface area contributed by atoms with E-state index >= 15 is 0 Å². The van der Waals surface area contributed by atoms with E-state index in [0.29, 0.717) is 11.8 Å². The fourth-order valence-corrected chi connectivity index (χ4v) is 3.35. The Hall–Kier alpha value is -2.89. The van der Waals surface area contributed by atoms with Gasteiger partial charge in [0, 0.05) is 18.4 Å². The van der Waals surface area contributed by atoms with Gasteiger partial charge in [0.25, 0.3) is 0 Å². The smallest absolute Gasteiger partial charge is 0.411 e. The maximum Gasteiger partial charge on any atom is 0.411 e. The fourth-order valence-electron chi connectivity index (χ4n) is 3.35. The molecule has 0 aliphatic carbocycles. The number of amides is 1. The van der Waals surface area contributed by atoms with Gasteiger partial charge in [-0.1, -0.05) is 36.4 Å². The Kier molecular flexibility index (Phi) is 5.40. The lowest BCUT2D eigenvalue weighted by molar-refractivity contribution is -0.145. The zero-order valence-electron chi connectivity index (χ0n) is 16.5. The lowest BCUT2D eigenvalue weighted by atomic mass is 10.0. The molecular weight excluding hydrogens is 361 g/mol. The third-order valence-electron chi connectivity index (χ3n) is 4.57. The molecule has 148 valence electrons. The van der Waals surface area contributed by atoms with E-state index in [2.05, 4.69) is 0 Å². The zero-order chi connectivity index (χ0) is 20.5. The average molecular weight is 385 g/mol. The Morgan fingerprint density at radius 1 is 1.14 bits per heavy atom. The molecule has 0 radical (unpaired) electrons. The van der Waals surface area contributed by atoms with Crippen LogP contribution in [-0.2, 0) is 14.3 Å². The van der Waals surface area contributed by atoms with Crippen LogP contribution >= 0.6 is 0 Å². The summed E-state index contributed by atoms with van der Waals surface area (Å²) in [7, 11) is 1.30. The molecule has 0 bridgehead atoms. The van der Waals surface area contributed by atoms with Gasteiger partial charge in [-0.3, -0.25) is 4.90 Å². The quantitative estimate of drug-likeness (QED) is 0.712. The van der Waals surface area contributed by atoms with Crippen molar-refractivity contribution in [3.8, 4) is 0 Å². The van der Waals surface area contributed by atoms with Crippen LogP contribution in [0.25, 0.3) is 16.8 Å². The summed E-state index contributed by atoms with van der Waals surface area (Å²) in [4.78, 5) is 26.2. The van der Waals surface area contributed by atoms with Crippen LogP contribution < -0.4 is 0 Å². The maximum atomic E-state index is 14.1. The van der Waals surface area contributed by atoms with Crippen LogP contribution in [0.4, 0.5) is 9.18 Å². The number of hydrogen-bond acceptors (Lipinski definition) is 4. The van der Waals surface area contributed by atoms with Crippen molar-refractivity contribution in [2.45, 2.75) is 38.8 Å². The molecule has 0 spiro atoms. The van der Waals surface area contributed by atoms with Gasteiger partial charge < -0.3 is 9.47 Å². The van der Waals surface area contributed by atoms with Gasteiger partial charge in [0.15, 0.2) is 0 Å². The lowest BCUT2D eigenvalue weighted by Gasteiger charge is -2.27. The molecule has 0 aromatic heterocycles. The van der Waals surface area contributed by atoms with Crippen molar-refractivity contribution in [2.24, 2.45) is 0 Å². The van der Waals surface area contributed by atoms with Gasteiger partial charge >= 0.3 is 12.1 Å². The molecule has 6 heteroatoms. The van der Waals surface area contributed by atoms with Crippen molar-refractivity contribution < 1.29 is 23.5 Å². The molecule has 2 aromatic carbocycles. The summed E-state index contributed by atoms with van der Waals surface area (Å²) < 4.78 is 24.4. The van der Waals surface area contributed by atoms with Crippen molar-refractivity contribution in [3.05, 3.63) is 53.4 Å². The molecule has 0 N–H and O–H groups in total. The van der Waals surface area contributed by atoms with E-state index in [4.69, 9.17) is 9.47 Å². The number of esters is 1. The first-order valence-electron chi connectivity index (χ1n) is 9.14. The lowest BCUT2D eigenvalue weighted by Crippen LogP contribution is -2.43. The predicted octanol–water partition coefficient (Wildman–Crippen LogP) is 4.54. The van der Waals surface area contributed by atoms with E-state index in [1.54, 1.807) is 39.0 Å². The second-order valence-corrected chi connectivity index (χ2v) is 7.84. The summed E-state index contributed by atoms with van der Waals surface area (Å²) in [6.45, 7) is 5.57. The topological polar surface area (TPSA) is 55.8 Å². The van der Waals surface area contributed by atoms with Crippen molar-refractivity contribution in [1.82, 2.24) is 4.90 Å².